The molecule has 0 saturated heterocycles. The number of hydrogen-bond acceptors (Lipinski definition) is 3. The predicted molar refractivity (Wildman–Crippen MR) is 91.7 cm³/mol. The molecule has 0 unspecified atom stereocenters. The quantitative estimate of drug-likeness (QED) is 0.807. The van der Waals surface area contributed by atoms with E-state index in [1.165, 1.54) is 7.11 Å². The number of esters is 1. The van der Waals surface area contributed by atoms with Gasteiger partial charge in [0, 0.05) is 10.9 Å². The molecular weight excluding hydrogens is 337 g/mol. The van der Waals surface area contributed by atoms with Crippen molar-refractivity contribution < 1.29 is 14.3 Å². The van der Waals surface area contributed by atoms with Crippen molar-refractivity contribution in [3.63, 3.8) is 0 Å². The van der Waals surface area contributed by atoms with Crippen molar-refractivity contribution in [1.82, 2.24) is 0 Å². The maximum absolute atomic E-state index is 12.7. The van der Waals surface area contributed by atoms with Gasteiger partial charge in [-0.2, -0.15) is 0 Å². The van der Waals surface area contributed by atoms with Crippen molar-refractivity contribution in [3.8, 4) is 0 Å². The fourth-order valence-electron chi connectivity index (χ4n) is 3.36. The summed E-state index contributed by atoms with van der Waals surface area (Å²) in [5.41, 5.74) is -0.695. The lowest BCUT2D eigenvalue weighted by Crippen LogP contribution is -2.44. The average Bonchev–Trinajstić information content (AvgIpc) is 2.72. The van der Waals surface area contributed by atoms with Gasteiger partial charge in [0.2, 0.25) is 5.91 Å². The number of amides is 1. The van der Waals surface area contributed by atoms with E-state index in [0.29, 0.717) is 28.6 Å². The Bertz CT molecular complexity index is 645. The van der Waals surface area contributed by atoms with E-state index >= 15 is 0 Å². The Morgan fingerprint density at radius 1 is 1.26 bits per heavy atom. The molecule has 0 aromatic heterocycles. The van der Waals surface area contributed by atoms with Crippen LogP contribution < -0.4 is 5.32 Å². The van der Waals surface area contributed by atoms with E-state index in [2.05, 4.69) is 5.32 Å². The van der Waals surface area contributed by atoms with Crippen LogP contribution in [0.2, 0.25) is 10.0 Å². The molecule has 1 saturated carbocycles. The van der Waals surface area contributed by atoms with Gasteiger partial charge in [0.1, 0.15) is 0 Å². The van der Waals surface area contributed by atoms with Crippen LogP contribution in [0, 0.1) is 16.7 Å². The maximum atomic E-state index is 12.7. The Balaban J connectivity index is 2.22. The summed E-state index contributed by atoms with van der Waals surface area (Å²) in [6, 6.07) is 4.92. The largest absolute Gasteiger partial charge is 0.469 e. The molecule has 0 radical (unpaired) electrons. The predicted octanol–water partition coefficient (Wildman–Crippen LogP) is 4.55. The van der Waals surface area contributed by atoms with E-state index in [9.17, 15) is 9.59 Å². The van der Waals surface area contributed by atoms with Gasteiger partial charge in [-0.25, -0.2) is 0 Å². The average molecular weight is 358 g/mol. The molecular formula is C17H21Cl2NO3. The van der Waals surface area contributed by atoms with Crippen LogP contribution in [0.25, 0.3) is 0 Å². The molecule has 1 aliphatic carbocycles. The molecule has 126 valence electrons. The summed E-state index contributed by atoms with van der Waals surface area (Å²) >= 11 is 12.0. The second-order valence-electron chi connectivity index (χ2n) is 6.75. The van der Waals surface area contributed by atoms with Gasteiger partial charge in [0.25, 0.3) is 0 Å². The molecule has 6 heteroatoms. The Morgan fingerprint density at radius 2 is 1.91 bits per heavy atom. The summed E-state index contributed by atoms with van der Waals surface area (Å²) in [5.74, 6) is -0.729. The SMILES string of the molecule is COC(=O)[C@@]1(C)CC[C@@H](C(=O)Nc2ccc(Cl)cc2Cl)C1(C)C. The number of rotatable bonds is 3. The normalized spacial score (nSPS) is 25.9. The Kier molecular flexibility index (Phi) is 4.97. The van der Waals surface area contributed by atoms with Crippen LogP contribution in [0.1, 0.15) is 33.6 Å². The Labute approximate surface area is 146 Å². The van der Waals surface area contributed by atoms with Gasteiger partial charge in [0.15, 0.2) is 0 Å². The summed E-state index contributed by atoms with van der Waals surface area (Å²) in [6.45, 7) is 5.73. The lowest BCUT2D eigenvalue weighted by atomic mass is 9.65. The summed E-state index contributed by atoms with van der Waals surface area (Å²) in [5, 5.41) is 3.74. The first-order chi connectivity index (χ1) is 10.6. The number of nitrogens with one attached hydrogen (secondary N) is 1. The van der Waals surface area contributed by atoms with Gasteiger partial charge in [-0.1, -0.05) is 37.0 Å². The van der Waals surface area contributed by atoms with Gasteiger partial charge < -0.3 is 10.1 Å². The Morgan fingerprint density at radius 3 is 2.48 bits per heavy atom. The number of ether oxygens (including phenoxy) is 1. The summed E-state index contributed by atoms with van der Waals surface area (Å²) in [4.78, 5) is 24.9. The topological polar surface area (TPSA) is 55.4 Å². The number of methoxy groups -OCH3 is 1. The molecule has 2 rings (SSSR count). The van der Waals surface area contributed by atoms with E-state index in [1.54, 1.807) is 18.2 Å². The number of carbonyl (C=O) groups is 2. The number of hydrogen-bond donors (Lipinski definition) is 1. The maximum Gasteiger partial charge on any atom is 0.312 e. The van der Waals surface area contributed by atoms with E-state index < -0.39 is 10.8 Å². The van der Waals surface area contributed by atoms with E-state index in [0.717, 1.165) is 0 Å². The first-order valence-corrected chi connectivity index (χ1v) is 8.23. The molecule has 1 aromatic rings. The molecule has 23 heavy (non-hydrogen) atoms. The third-order valence-electron chi connectivity index (χ3n) is 5.37. The van der Waals surface area contributed by atoms with Gasteiger partial charge in [-0.3, -0.25) is 9.59 Å². The zero-order chi connectivity index (χ0) is 17.4. The molecule has 1 amide bonds. The van der Waals surface area contributed by atoms with Crippen molar-refractivity contribution >= 4 is 40.8 Å². The number of halogens is 2. The molecule has 1 fully saturated rings. The van der Waals surface area contributed by atoms with Crippen molar-refractivity contribution in [1.29, 1.82) is 0 Å². The van der Waals surface area contributed by atoms with Crippen molar-refractivity contribution in [2.24, 2.45) is 16.7 Å². The first kappa shape index (κ1) is 18.1. The molecule has 1 aromatic carbocycles. The number of carbonyl (C=O) groups excluding carboxylic acids is 2. The highest BCUT2D eigenvalue weighted by atomic mass is 35.5. The minimum absolute atomic E-state index is 0.146. The fourth-order valence-corrected chi connectivity index (χ4v) is 3.82. The molecule has 0 spiro atoms. The van der Waals surface area contributed by atoms with Crippen LogP contribution in [0.15, 0.2) is 18.2 Å². The van der Waals surface area contributed by atoms with Crippen LogP contribution >= 0.6 is 23.2 Å². The second kappa shape index (κ2) is 6.33. The van der Waals surface area contributed by atoms with Gasteiger partial charge in [0.05, 0.1) is 23.2 Å². The fraction of sp³-hybridized carbons (Fsp3) is 0.529. The second-order valence-corrected chi connectivity index (χ2v) is 7.59. The van der Waals surface area contributed by atoms with Crippen molar-refractivity contribution in [2.45, 2.75) is 33.6 Å². The molecule has 0 aliphatic heterocycles. The van der Waals surface area contributed by atoms with E-state index in [1.807, 2.05) is 20.8 Å². The standard InChI is InChI=1S/C17H21Cl2NO3/c1-16(2)11(7-8-17(16,3)15(22)23-4)14(21)20-13-6-5-10(18)9-12(13)19/h5-6,9,11H,7-8H2,1-4H3,(H,20,21)/t11-,17+/m0/s1. The minimum Gasteiger partial charge on any atom is -0.469 e. The van der Waals surface area contributed by atoms with Gasteiger partial charge in [-0.05, 0) is 43.4 Å². The molecule has 0 bridgehead atoms. The van der Waals surface area contributed by atoms with Crippen molar-refractivity contribution in [3.05, 3.63) is 28.2 Å². The van der Waals surface area contributed by atoms with Crippen LogP contribution in [0.3, 0.4) is 0 Å². The number of anilines is 1. The molecule has 1 aliphatic rings. The smallest absolute Gasteiger partial charge is 0.312 e. The van der Waals surface area contributed by atoms with Gasteiger partial charge in [-0.15, -0.1) is 0 Å². The van der Waals surface area contributed by atoms with Crippen LogP contribution in [0.4, 0.5) is 5.69 Å². The van der Waals surface area contributed by atoms with Crippen molar-refractivity contribution in [2.75, 3.05) is 12.4 Å². The summed E-state index contributed by atoms with van der Waals surface area (Å²) in [7, 11) is 1.38. The zero-order valence-corrected chi connectivity index (χ0v) is 15.2. The monoisotopic (exact) mass is 357 g/mol. The highest BCUT2D eigenvalue weighted by molar-refractivity contribution is 6.36. The molecule has 0 heterocycles. The van der Waals surface area contributed by atoms with Gasteiger partial charge >= 0.3 is 5.97 Å². The van der Waals surface area contributed by atoms with Crippen LogP contribution in [0.5, 0.6) is 0 Å². The van der Waals surface area contributed by atoms with E-state index in [4.69, 9.17) is 27.9 Å². The van der Waals surface area contributed by atoms with Crippen LogP contribution in [-0.2, 0) is 14.3 Å². The molecule has 1 N–H and O–H groups in total. The minimum atomic E-state index is -0.687. The number of benzene rings is 1. The summed E-state index contributed by atoms with van der Waals surface area (Å²) < 4.78 is 4.94. The lowest BCUT2D eigenvalue weighted by molar-refractivity contribution is -0.158. The third kappa shape index (κ3) is 3.07. The lowest BCUT2D eigenvalue weighted by Gasteiger charge is -2.38. The molecule has 4 nitrogen and oxygen atoms in total. The highest BCUT2D eigenvalue weighted by Crippen LogP contribution is 2.56. The first-order valence-electron chi connectivity index (χ1n) is 7.48. The Hall–Kier alpha value is -1.26. The highest BCUT2D eigenvalue weighted by Gasteiger charge is 2.58. The third-order valence-corrected chi connectivity index (χ3v) is 5.92. The zero-order valence-electron chi connectivity index (χ0n) is 13.7. The molecule has 2 atom stereocenters. The van der Waals surface area contributed by atoms with Crippen LogP contribution in [-0.4, -0.2) is 19.0 Å². The summed E-state index contributed by atoms with van der Waals surface area (Å²) in [6.07, 6.45) is 1.23. The van der Waals surface area contributed by atoms with E-state index in [-0.39, 0.29) is 17.8 Å².